The van der Waals surface area contributed by atoms with Gasteiger partial charge in [-0.25, -0.2) is 4.79 Å². The van der Waals surface area contributed by atoms with Gasteiger partial charge in [-0.05, 0) is 49.9 Å². The van der Waals surface area contributed by atoms with E-state index in [0.29, 0.717) is 16.3 Å². The summed E-state index contributed by atoms with van der Waals surface area (Å²) in [5.74, 6) is -0.702. The van der Waals surface area contributed by atoms with Crippen molar-refractivity contribution in [2.75, 3.05) is 5.32 Å². The zero-order valence-electron chi connectivity index (χ0n) is 12.5. The number of rotatable bonds is 5. The summed E-state index contributed by atoms with van der Waals surface area (Å²) in [5, 5.41) is 11.7. The van der Waals surface area contributed by atoms with Crippen LogP contribution < -0.4 is 10.1 Å². The molecule has 0 radical (unpaired) electrons. The second kappa shape index (κ2) is 6.83. The van der Waals surface area contributed by atoms with Crippen molar-refractivity contribution in [2.45, 2.75) is 31.8 Å². The van der Waals surface area contributed by atoms with Gasteiger partial charge in [-0.3, -0.25) is 4.79 Å². The van der Waals surface area contributed by atoms with E-state index in [0.717, 1.165) is 24.2 Å². The minimum absolute atomic E-state index is 0.144. The maximum atomic E-state index is 12.3. The van der Waals surface area contributed by atoms with E-state index in [1.807, 2.05) is 18.2 Å². The van der Waals surface area contributed by atoms with E-state index in [2.05, 4.69) is 5.32 Å². The molecule has 5 nitrogen and oxygen atoms in total. The van der Waals surface area contributed by atoms with Crippen LogP contribution in [0.3, 0.4) is 0 Å². The zero-order chi connectivity index (χ0) is 16.2. The number of nitrogens with one attached hydrogen (secondary N) is 1. The Balaban J connectivity index is 1.73. The van der Waals surface area contributed by atoms with Crippen molar-refractivity contribution in [3.8, 4) is 5.75 Å². The molecule has 0 saturated heterocycles. The molecule has 2 aromatic rings. The van der Waals surface area contributed by atoms with Crippen LogP contribution in [-0.4, -0.2) is 23.1 Å². The largest absolute Gasteiger partial charge is 0.488 e. The Morgan fingerprint density at radius 1 is 1.09 bits per heavy atom. The van der Waals surface area contributed by atoms with E-state index in [4.69, 9.17) is 9.84 Å². The standard InChI is InChI=1S/C17H17NO4S/c19-16(14-9-10-15(23-14)17(20)21)18-12-7-3-4-8-13(12)22-11-5-1-2-6-11/h3-4,7-11H,1-2,5-6H2,(H,18,19)(H,20,21). The van der Waals surface area contributed by atoms with E-state index in [1.165, 1.54) is 25.0 Å². The average Bonchev–Trinajstić information content (AvgIpc) is 3.20. The smallest absolute Gasteiger partial charge is 0.345 e. The molecule has 3 rings (SSSR count). The third-order valence-electron chi connectivity index (χ3n) is 3.77. The summed E-state index contributed by atoms with van der Waals surface area (Å²) in [6.45, 7) is 0. The lowest BCUT2D eigenvalue weighted by Crippen LogP contribution is -2.15. The number of para-hydroxylation sites is 2. The first-order chi connectivity index (χ1) is 11.1. The molecular weight excluding hydrogens is 314 g/mol. The maximum absolute atomic E-state index is 12.3. The number of hydrogen-bond donors (Lipinski definition) is 2. The van der Waals surface area contributed by atoms with Crippen LogP contribution in [0.2, 0.25) is 0 Å². The van der Waals surface area contributed by atoms with Crippen LogP contribution in [0.15, 0.2) is 36.4 Å². The number of carbonyl (C=O) groups is 2. The number of aromatic carboxylic acids is 1. The molecule has 1 fully saturated rings. The highest BCUT2D eigenvalue weighted by molar-refractivity contribution is 7.15. The van der Waals surface area contributed by atoms with Crippen LogP contribution in [0, 0.1) is 0 Å². The monoisotopic (exact) mass is 331 g/mol. The molecule has 0 aliphatic heterocycles. The summed E-state index contributed by atoms with van der Waals surface area (Å²) < 4.78 is 5.98. The molecular formula is C17H17NO4S. The van der Waals surface area contributed by atoms with E-state index >= 15 is 0 Å². The topological polar surface area (TPSA) is 75.6 Å². The fraction of sp³-hybridized carbons (Fsp3) is 0.294. The number of carboxylic acids is 1. The highest BCUT2D eigenvalue weighted by atomic mass is 32.1. The number of carboxylic acid groups (broad SMARTS) is 1. The number of hydrogen-bond acceptors (Lipinski definition) is 4. The molecule has 1 saturated carbocycles. The molecule has 2 N–H and O–H groups in total. The highest BCUT2D eigenvalue weighted by Crippen LogP contribution is 2.30. The molecule has 1 aliphatic rings. The minimum Gasteiger partial charge on any atom is -0.488 e. The normalized spacial score (nSPS) is 14.6. The van der Waals surface area contributed by atoms with Crippen LogP contribution in [0.25, 0.3) is 0 Å². The van der Waals surface area contributed by atoms with Crippen molar-refractivity contribution in [3.63, 3.8) is 0 Å². The Hall–Kier alpha value is -2.34. The van der Waals surface area contributed by atoms with Crippen molar-refractivity contribution in [1.82, 2.24) is 0 Å². The van der Waals surface area contributed by atoms with E-state index in [1.54, 1.807) is 6.07 Å². The summed E-state index contributed by atoms with van der Waals surface area (Å²) in [7, 11) is 0. The first-order valence-electron chi connectivity index (χ1n) is 7.53. The Kier molecular flexibility index (Phi) is 4.62. The molecule has 1 amide bonds. The van der Waals surface area contributed by atoms with Gasteiger partial charge in [0, 0.05) is 0 Å². The van der Waals surface area contributed by atoms with E-state index in [-0.39, 0.29) is 16.9 Å². The van der Waals surface area contributed by atoms with Crippen LogP contribution in [0.5, 0.6) is 5.75 Å². The average molecular weight is 331 g/mol. The molecule has 1 heterocycles. The number of benzene rings is 1. The number of thiophene rings is 1. The minimum atomic E-state index is -1.03. The van der Waals surface area contributed by atoms with Crippen molar-refractivity contribution < 1.29 is 19.4 Å². The van der Waals surface area contributed by atoms with Crippen LogP contribution >= 0.6 is 11.3 Å². The van der Waals surface area contributed by atoms with Gasteiger partial charge in [0.2, 0.25) is 0 Å². The van der Waals surface area contributed by atoms with Gasteiger partial charge in [0.15, 0.2) is 0 Å². The molecule has 0 spiro atoms. The van der Waals surface area contributed by atoms with Crippen molar-refractivity contribution >= 4 is 28.9 Å². The fourth-order valence-corrected chi connectivity index (χ4v) is 3.36. The molecule has 0 atom stereocenters. The second-order valence-electron chi connectivity index (χ2n) is 5.44. The van der Waals surface area contributed by atoms with Gasteiger partial charge in [-0.2, -0.15) is 0 Å². The predicted octanol–water partition coefficient (Wildman–Crippen LogP) is 4.02. The molecule has 0 bridgehead atoms. The summed E-state index contributed by atoms with van der Waals surface area (Å²) >= 11 is 0.955. The van der Waals surface area contributed by atoms with Gasteiger partial charge < -0.3 is 15.2 Å². The molecule has 1 aromatic heterocycles. The first-order valence-corrected chi connectivity index (χ1v) is 8.35. The zero-order valence-corrected chi connectivity index (χ0v) is 13.3. The lowest BCUT2D eigenvalue weighted by Gasteiger charge is -2.16. The fourth-order valence-electron chi connectivity index (χ4n) is 2.62. The van der Waals surface area contributed by atoms with Gasteiger partial charge in [0.05, 0.1) is 16.7 Å². The van der Waals surface area contributed by atoms with Gasteiger partial charge in [0.1, 0.15) is 10.6 Å². The van der Waals surface area contributed by atoms with Crippen LogP contribution in [0.4, 0.5) is 5.69 Å². The second-order valence-corrected chi connectivity index (χ2v) is 6.53. The molecule has 6 heteroatoms. The lowest BCUT2D eigenvalue weighted by molar-refractivity contribution is 0.0702. The summed E-state index contributed by atoms with van der Waals surface area (Å²) in [5.41, 5.74) is 0.606. The van der Waals surface area contributed by atoms with Crippen LogP contribution in [0.1, 0.15) is 45.0 Å². The molecule has 1 aromatic carbocycles. The van der Waals surface area contributed by atoms with Crippen LogP contribution in [-0.2, 0) is 0 Å². The van der Waals surface area contributed by atoms with E-state index in [9.17, 15) is 9.59 Å². The molecule has 23 heavy (non-hydrogen) atoms. The number of carbonyl (C=O) groups excluding carboxylic acids is 1. The van der Waals surface area contributed by atoms with Crippen molar-refractivity contribution in [3.05, 3.63) is 46.2 Å². The number of ether oxygens (including phenoxy) is 1. The van der Waals surface area contributed by atoms with Crippen molar-refractivity contribution in [1.29, 1.82) is 0 Å². The Morgan fingerprint density at radius 2 is 1.78 bits per heavy atom. The van der Waals surface area contributed by atoms with E-state index < -0.39 is 5.97 Å². The maximum Gasteiger partial charge on any atom is 0.345 e. The summed E-state index contributed by atoms with van der Waals surface area (Å²) in [6, 6.07) is 10.3. The number of anilines is 1. The van der Waals surface area contributed by atoms with Gasteiger partial charge >= 0.3 is 5.97 Å². The van der Waals surface area contributed by atoms with Gasteiger partial charge in [-0.15, -0.1) is 11.3 Å². The predicted molar refractivity (Wildman–Crippen MR) is 88.6 cm³/mol. The van der Waals surface area contributed by atoms with Gasteiger partial charge in [-0.1, -0.05) is 12.1 Å². The third-order valence-corrected chi connectivity index (χ3v) is 4.84. The first kappa shape index (κ1) is 15.6. The Morgan fingerprint density at radius 3 is 2.48 bits per heavy atom. The van der Waals surface area contributed by atoms with Gasteiger partial charge in [0.25, 0.3) is 5.91 Å². The lowest BCUT2D eigenvalue weighted by atomic mass is 10.2. The Bertz CT molecular complexity index is 719. The quantitative estimate of drug-likeness (QED) is 0.867. The molecule has 120 valence electrons. The summed E-state index contributed by atoms with van der Waals surface area (Å²) in [4.78, 5) is 23.7. The van der Waals surface area contributed by atoms with Crippen molar-refractivity contribution in [2.24, 2.45) is 0 Å². The summed E-state index contributed by atoms with van der Waals surface area (Å²) in [6.07, 6.45) is 4.62. The SMILES string of the molecule is O=C(O)c1ccc(C(=O)Nc2ccccc2OC2CCCC2)s1. The third kappa shape index (κ3) is 3.71. The molecule has 0 unspecified atom stereocenters. The highest BCUT2D eigenvalue weighted by Gasteiger charge is 2.19. The molecule has 1 aliphatic carbocycles. The Labute approximate surface area is 137 Å². The number of amides is 1.